The molecule has 1 aromatic carbocycles. The molecule has 0 radical (unpaired) electrons. The minimum atomic E-state index is -0.293. The molecule has 150 valence electrons. The minimum absolute atomic E-state index is 0.233. The third kappa shape index (κ3) is 5.16. The van der Waals surface area contributed by atoms with Crippen LogP contribution in [0.5, 0.6) is 0 Å². The molecule has 0 aliphatic heterocycles. The quantitative estimate of drug-likeness (QED) is 0.338. The van der Waals surface area contributed by atoms with Crippen LogP contribution in [0, 0.1) is 6.92 Å². The molecule has 0 atom stereocenters. The van der Waals surface area contributed by atoms with Crippen molar-refractivity contribution in [2.45, 2.75) is 11.9 Å². The third-order valence-electron chi connectivity index (χ3n) is 4.02. The van der Waals surface area contributed by atoms with Crippen molar-refractivity contribution in [2.24, 2.45) is 0 Å². The Morgan fingerprint density at radius 2 is 1.76 bits per heavy atom. The van der Waals surface area contributed by atoms with Gasteiger partial charge in [0, 0.05) is 23.7 Å². The fourth-order valence-corrected chi connectivity index (χ4v) is 3.36. The van der Waals surface area contributed by atoms with E-state index in [1.54, 1.807) is 49.6 Å². The summed E-state index contributed by atoms with van der Waals surface area (Å²) in [4.78, 5) is 33.5. The molecule has 0 saturated carbocycles. The Labute approximate surface area is 177 Å². The number of amides is 2. The summed E-state index contributed by atoms with van der Waals surface area (Å²) >= 11 is 7.17. The highest BCUT2D eigenvalue weighted by atomic mass is 35.5. The summed E-state index contributed by atoms with van der Waals surface area (Å²) in [6.07, 6.45) is 3.39. The maximum atomic E-state index is 12.6. The summed E-state index contributed by atoms with van der Waals surface area (Å²) in [6, 6.07) is 10.1. The van der Waals surface area contributed by atoms with Crippen LogP contribution in [0.15, 0.2) is 52.1 Å². The number of thioether (sulfide) groups is 1. The second-order valence-corrected chi connectivity index (χ2v) is 7.24. The number of aromatic nitrogens is 2. The van der Waals surface area contributed by atoms with Crippen molar-refractivity contribution in [1.29, 1.82) is 0 Å². The number of furan rings is 1. The average molecular weight is 431 g/mol. The van der Waals surface area contributed by atoms with Gasteiger partial charge in [-0.3, -0.25) is 9.59 Å². The maximum Gasteiger partial charge on any atom is 0.255 e. The number of hydrogen-bond acceptors (Lipinski definition) is 6. The van der Waals surface area contributed by atoms with Gasteiger partial charge in [-0.05, 0) is 49.6 Å². The van der Waals surface area contributed by atoms with Gasteiger partial charge < -0.3 is 15.1 Å². The van der Waals surface area contributed by atoms with Crippen molar-refractivity contribution in [3.05, 3.63) is 64.5 Å². The van der Waals surface area contributed by atoms with Gasteiger partial charge in [-0.1, -0.05) is 11.6 Å². The first-order valence-electron chi connectivity index (χ1n) is 8.78. The number of carbonyl (C=O) groups is 2. The molecule has 2 heterocycles. The van der Waals surface area contributed by atoms with E-state index >= 15 is 0 Å². The number of hydrogen-bond donors (Lipinski definition) is 2. The molecular formula is C20H19ClN4O3S. The Hall–Kier alpha value is -2.84. The van der Waals surface area contributed by atoms with Crippen LogP contribution in [0.25, 0.3) is 11.6 Å². The van der Waals surface area contributed by atoms with E-state index in [4.69, 9.17) is 16.0 Å². The molecule has 0 bridgehead atoms. The standard InChI is InChI=1S/C20H19ClN4O3S/c1-12-16(20(29-2)25-17(24-12)15-4-3-11-28-15)19(27)23-10-9-22-18(26)13-5-7-14(21)8-6-13/h3-8,11H,9-10H2,1-2H3,(H,22,26)(H,23,27). The van der Waals surface area contributed by atoms with Crippen LogP contribution in [0.1, 0.15) is 26.4 Å². The second kappa shape index (κ2) is 9.58. The molecule has 2 N–H and O–H groups in total. The van der Waals surface area contributed by atoms with Crippen LogP contribution >= 0.6 is 23.4 Å². The average Bonchev–Trinajstić information content (AvgIpc) is 3.25. The highest BCUT2D eigenvalue weighted by Gasteiger charge is 2.19. The van der Waals surface area contributed by atoms with Crippen molar-refractivity contribution in [3.63, 3.8) is 0 Å². The van der Waals surface area contributed by atoms with Crippen molar-refractivity contribution in [3.8, 4) is 11.6 Å². The molecule has 2 aromatic heterocycles. The lowest BCUT2D eigenvalue weighted by Crippen LogP contribution is -2.35. The molecule has 0 aliphatic carbocycles. The zero-order chi connectivity index (χ0) is 20.8. The normalized spacial score (nSPS) is 10.6. The predicted molar refractivity (Wildman–Crippen MR) is 112 cm³/mol. The molecule has 3 aromatic rings. The van der Waals surface area contributed by atoms with Crippen LogP contribution in [0.2, 0.25) is 5.02 Å². The molecule has 0 saturated heterocycles. The lowest BCUT2D eigenvalue weighted by atomic mass is 10.2. The van der Waals surface area contributed by atoms with Gasteiger partial charge in [-0.25, -0.2) is 9.97 Å². The van der Waals surface area contributed by atoms with Crippen molar-refractivity contribution >= 4 is 35.2 Å². The van der Waals surface area contributed by atoms with E-state index in [1.165, 1.54) is 11.8 Å². The number of aryl methyl sites for hydroxylation is 1. The zero-order valence-electron chi connectivity index (χ0n) is 15.9. The number of carbonyl (C=O) groups excluding carboxylic acids is 2. The monoisotopic (exact) mass is 430 g/mol. The summed E-state index contributed by atoms with van der Waals surface area (Å²) in [5, 5.41) is 6.67. The number of rotatable bonds is 7. The Bertz CT molecular complexity index is 1010. The first-order chi connectivity index (χ1) is 14.0. The lowest BCUT2D eigenvalue weighted by molar-refractivity contribution is 0.0925. The van der Waals surface area contributed by atoms with E-state index in [1.807, 2.05) is 6.26 Å². The molecule has 29 heavy (non-hydrogen) atoms. The van der Waals surface area contributed by atoms with Crippen LogP contribution in [0.3, 0.4) is 0 Å². The van der Waals surface area contributed by atoms with Crippen molar-refractivity contribution in [1.82, 2.24) is 20.6 Å². The second-order valence-electron chi connectivity index (χ2n) is 6.01. The molecule has 0 aliphatic rings. The molecule has 2 amide bonds. The SMILES string of the molecule is CSc1nc(-c2ccco2)nc(C)c1C(=O)NCCNC(=O)c1ccc(Cl)cc1. The number of benzene rings is 1. The number of halogens is 1. The van der Waals surface area contributed by atoms with Crippen LogP contribution in [-0.4, -0.2) is 41.1 Å². The molecule has 0 fully saturated rings. The maximum absolute atomic E-state index is 12.6. The van der Waals surface area contributed by atoms with Crippen LogP contribution in [0.4, 0.5) is 0 Å². The third-order valence-corrected chi connectivity index (χ3v) is 4.96. The first kappa shape index (κ1) is 20.9. The van der Waals surface area contributed by atoms with Gasteiger partial charge in [-0.2, -0.15) is 0 Å². The van der Waals surface area contributed by atoms with E-state index in [0.717, 1.165) is 0 Å². The number of nitrogens with zero attached hydrogens (tertiary/aromatic N) is 2. The smallest absolute Gasteiger partial charge is 0.255 e. The van der Waals surface area contributed by atoms with E-state index < -0.39 is 0 Å². The fraction of sp³-hybridized carbons (Fsp3) is 0.200. The molecule has 3 rings (SSSR count). The van der Waals surface area contributed by atoms with E-state index in [0.29, 0.717) is 38.5 Å². The predicted octanol–water partition coefficient (Wildman–Crippen LogP) is 3.58. The van der Waals surface area contributed by atoms with Crippen LogP contribution < -0.4 is 10.6 Å². The summed E-state index contributed by atoms with van der Waals surface area (Å²) in [7, 11) is 0. The fourth-order valence-electron chi connectivity index (χ4n) is 2.62. The molecular weight excluding hydrogens is 412 g/mol. The highest BCUT2D eigenvalue weighted by molar-refractivity contribution is 7.98. The largest absolute Gasteiger partial charge is 0.461 e. The summed E-state index contributed by atoms with van der Waals surface area (Å²) in [6.45, 7) is 2.31. The molecule has 0 unspecified atom stereocenters. The van der Waals surface area contributed by atoms with E-state index in [-0.39, 0.29) is 24.9 Å². The van der Waals surface area contributed by atoms with Gasteiger partial charge in [0.05, 0.1) is 17.5 Å². The van der Waals surface area contributed by atoms with Crippen molar-refractivity contribution < 1.29 is 14.0 Å². The van der Waals surface area contributed by atoms with Gasteiger partial charge in [0.2, 0.25) is 0 Å². The summed E-state index contributed by atoms with van der Waals surface area (Å²) in [5.41, 5.74) is 1.47. The number of nitrogens with one attached hydrogen (secondary N) is 2. The highest BCUT2D eigenvalue weighted by Crippen LogP contribution is 2.25. The van der Waals surface area contributed by atoms with Crippen molar-refractivity contribution in [2.75, 3.05) is 19.3 Å². The Kier molecular flexibility index (Phi) is 6.90. The Balaban J connectivity index is 1.60. The van der Waals surface area contributed by atoms with Crippen LogP contribution in [-0.2, 0) is 0 Å². The van der Waals surface area contributed by atoms with Gasteiger partial charge >= 0.3 is 0 Å². The topological polar surface area (TPSA) is 97.1 Å². The summed E-state index contributed by atoms with van der Waals surface area (Å²) in [5.74, 6) is 0.450. The lowest BCUT2D eigenvalue weighted by Gasteiger charge is -2.12. The van der Waals surface area contributed by atoms with Gasteiger partial charge in [-0.15, -0.1) is 11.8 Å². The zero-order valence-corrected chi connectivity index (χ0v) is 17.4. The molecule has 9 heteroatoms. The van der Waals surface area contributed by atoms with Gasteiger partial charge in [0.15, 0.2) is 11.6 Å². The van der Waals surface area contributed by atoms with E-state index in [2.05, 4.69) is 20.6 Å². The van der Waals surface area contributed by atoms with E-state index in [9.17, 15) is 9.59 Å². The Morgan fingerprint density at radius 1 is 1.07 bits per heavy atom. The summed E-state index contributed by atoms with van der Waals surface area (Å²) < 4.78 is 5.34. The molecule has 7 nitrogen and oxygen atoms in total. The molecule has 0 spiro atoms. The Morgan fingerprint density at radius 3 is 2.38 bits per heavy atom. The minimum Gasteiger partial charge on any atom is -0.461 e. The van der Waals surface area contributed by atoms with Gasteiger partial charge in [0.1, 0.15) is 5.03 Å². The van der Waals surface area contributed by atoms with Gasteiger partial charge in [0.25, 0.3) is 11.8 Å². The first-order valence-corrected chi connectivity index (χ1v) is 10.4.